The fraction of sp³-hybridized carbons (Fsp3) is 0.652. The summed E-state index contributed by atoms with van der Waals surface area (Å²) in [6, 6.07) is 5.98. The van der Waals surface area contributed by atoms with Crippen LogP contribution in [-0.4, -0.2) is 15.8 Å². The number of rotatable bonds is 2. The van der Waals surface area contributed by atoms with E-state index in [2.05, 4.69) is 25.8 Å². The Morgan fingerprint density at radius 3 is 2.84 bits per heavy atom. The minimum atomic E-state index is -0.941. The van der Waals surface area contributed by atoms with Crippen LogP contribution in [0, 0.1) is 35.5 Å². The Balaban J connectivity index is 1.79. The molecule has 0 bridgehead atoms. The van der Waals surface area contributed by atoms with Gasteiger partial charge in [0.25, 0.3) is 0 Å². The second kappa shape index (κ2) is 5.78. The molecule has 134 valence electrons. The van der Waals surface area contributed by atoms with Crippen molar-refractivity contribution in [2.75, 3.05) is 0 Å². The summed E-state index contributed by atoms with van der Waals surface area (Å²) in [4.78, 5) is 0. The molecule has 25 heavy (non-hydrogen) atoms. The van der Waals surface area contributed by atoms with Crippen LogP contribution in [-0.2, 0) is 6.42 Å². The number of aryl methyl sites for hydroxylation is 1. The number of hydrogen-bond acceptors (Lipinski definition) is 2. The molecule has 0 spiro atoms. The number of aromatic hydroxyl groups is 1. The highest BCUT2D eigenvalue weighted by Gasteiger charge is 2.63. The predicted octanol–water partition coefficient (Wildman–Crippen LogP) is 4.64. The van der Waals surface area contributed by atoms with Gasteiger partial charge in [0.05, 0.1) is 0 Å². The first-order valence-electron chi connectivity index (χ1n) is 9.95. The molecule has 1 aromatic rings. The van der Waals surface area contributed by atoms with E-state index in [1.807, 2.05) is 12.1 Å². The molecule has 1 aromatic carbocycles. The molecule has 2 nitrogen and oxygen atoms in total. The third-order valence-corrected chi connectivity index (χ3v) is 7.88. The van der Waals surface area contributed by atoms with Crippen molar-refractivity contribution in [1.82, 2.24) is 0 Å². The van der Waals surface area contributed by atoms with Gasteiger partial charge in [0.15, 0.2) is 0 Å². The molecule has 0 unspecified atom stereocenters. The molecule has 0 amide bonds. The minimum Gasteiger partial charge on any atom is -0.508 e. The second-order valence-electron chi connectivity index (χ2n) is 8.93. The summed E-state index contributed by atoms with van der Waals surface area (Å²) < 4.78 is 0. The van der Waals surface area contributed by atoms with Crippen molar-refractivity contribution in [3.63, 3.8) is 0 Å². The quantitative estimate of drug-likeness (QED) is 0.771. The minimum absolute atomic E-state index is 0.156. The standard InChI is InChI=1S/C23H30O2/c1-4-6-16-14-22(3)20(11-12-23(22,25)5-2)19-9-7-15-13-17(24)8-10-18(15)21(16)19/h2,8,10,13,16,19-21,24-25H,4,6-7,9,11-12,14H2,1,3H3/t16-,19-,20-,21+,22-,23-/m0/s1. The molecule has 0 heterocycles. The van der Waals surface area contributed by atoms with Gasteiger partial charge in [-0.3, -0.25) is 0 Å². The summed E-state index contributed by atoms with van der Waals surface area (Å²) in [6.45, 7) is 4.52. The lowest BCUT2D eigenvalue weighted by Gasteiger charge is -2.55. The molecule has 2 saturated carbocycles. The zero-order valence-electron chi connectivity index (χ0n) is 15.5. The highest BCUT2D eigenvalue weighted by Crippen LogP contribution is 2.66. The van der Waals surface area contributed by atoms with Crippen LogP contribution in [0.2, 0.25) is 0 Å². The van der Waals surface area contributed by atoms with Crippen LogP contribution in [0.1, 0.15) is 69.4 Å². The Hall–Kier alpha value is -1.46. The summed E-state index contributed by atoms with van der Waals surface area (Å²) >= 11 is 0. The first kappa shape index (κ1) is 17.0. The summed E-state index contributed by atoms with van der Waals surface area (Å²) in [5, 5.41) is 21.1. The van der Waals surface area contributed by atoms with Crippen molar-refractivity contribution in [2.24, 2.45) is 23.2 Å². The molecule has 4 rings (SSSR count). The second-order valence-corrected chi connectivity index (χ2v) is 8.93. The van der Waals surface area contributed by atoms with Crippen LogP contribution in [0.15, 0.2) is 18.2 Å². The van der Waals surface area contributed by atoms with Crippen LogP contribution in [0.5, 0.6) is 5.75 Å². The predicted molar refractivity (Wildman–Crippen MR) is 100 cm³/mol. The number of benzene rings is 1. The van der Waals surface area contributed by atoms with E-state index in [-0.39, 0.29) is 5.41 Å². The molecule has 0 aromatic heterocycles. The van der Waals surface area contributed by atoms with Gasteiger partial charge >= 0.3 is 0 Å². The highest BCUT2D eigenvalue weighted by atomic mass is 16.3. The Labute approximate surface area is 151 Å². The van der Waals surface area contributed by atoms with E-state index in [0.717, 1.165) is 38.5 Å². The average molecular weight is 338 g/mol. The first-order valence-corrected chi connectivity index (χ1v) is 9.95. The topological polar surface area (TPSA) is 40.5 Å². The zero-order chi connectivity index (χ0) is 17.8. The van der Waals surface area contributed by atoms with Gasteiger partial charge in [-0.05, 0) is 79.0 Å². The Kier molecular flexibility index (Phi) is 3.92. The maximum Gasteiger partial charge on any atom is 0.130 e. The zero-order valence-corrected chi connectivity index (χ0v) is 15.5. The van der Waals surface area contributed by atoms with Crippen molar-refractivity contribution in [2.45, 2.75) is 70.3 Å². The van der Waals surface area contributed by atoms with Gasteiger partial charge < -0.3 is 10.2 Å². The third-order valence-electron chi connectivity index (χ3n) is 7.88. The van der Waals surface area contributed by atoms with Gasteiger partial charge in [-0.25, -0.2) is 0 Å². The van der Waals surface area contributed by atoms with Crippen molar-refractivity contribution in [3.05, 3.63) is 29.3 Å². The van der Waals surface area contributed by atoms with Crippen LogP contribution in [0.25, 0.3) is 0 Å². The fourth-order valence-corrected chi connectivity index (χ4v) is 6.76. The largest absolute Gasteiger partial charge is 0.508 e. The van der Waals surface area contributed by atoms with Crippen molar-refractivity contribution in [3.8, 4) is 18.1 Å². The first-order chi connectivity index (χ1) is 11.9. The number of terminal acetylenes is 1. The summed E-state index contributed by atoms with van der Waals surface area (Å²) in [5.74, 6) is 5.41. The lowest BCUT2D eigenvalue weighted by atomic mass is 9.49. The van der Waals surface area contributed by atoms with Crippen molar-refractivity contribution in [1.29, 1.82) is 0 Å². The lowest BCUT2D eigenvalue weighted by molar-refractivity contribution is -0.0853. The molecule has 2 fully saturated rings. The Morgan fingerprint density at radius 2 is 2.12 bits per heavy atom. The van der Waals surface area contributed by atoms with Crippen LogP contribution < -0.4 is 0 Å². The molecule has 3 aliphatic carbocycles. The van der Waals surface area contributed by atoms with E-state index in [4.69, 9.17) is 6.42 Å². The molecule has 0 saturated heterocycles. The molecular weight excluding hydrogens is 308 g/mol. The van der Waals surface area contributed by atoms with E-state index >= 15 is 0 Å². The van der Waals surface area contributed by atoms with E-state index in [1.165, 1.54) is 17.5 Å². The number of fused-ring (bicyclic) bond motifs is 5. The van der Waals surface area contributed by atoms with E-state index in [0.29, 0.717) is 29.4 Å². The van der Waals surface area contributed by atoms with Gasteiger partial charge in [-0.15, -0.1) is 6.42 Å². The van der Waals surface area contributed by atoms with Gasteiger partial charge in [-0.2, -0.15) is 0 Å². The van der Waals surface area contributed by atoms with Gasteiger partial charge in [0, 0.05) is 5.41 Å². The molecule has 0 radical (unpaired) electrons. The smallest absolute Gasteiger partial charge is 0.130 e. The van der Waals surface area contributed by atoms with Crippen molar-refractivity contribution < 1.29 is 10.2 Å². The van der Waals surface area contributed by atoms with Crippen molar-refractivity contribution >= 4 is 0 Å². The highest BCUT2D eigenvalue weighted by molar-refractivity contribution is 5.41. The summed E-state index contributed by atoms with van der Waals surface area (Å²) in [5.41, 5.74) is 1.68. The number of phenolic OH excluding ortho intramolecular Hbond substituents is 1. The fourth-order valence-electron chi connectivity index (χ4n) is 6.76. The van der Waals surface area contributed by atoms with Gasteiger partial charge in [0.1, 0.15) is 11.4 Å². The van der Waals surface area contributed by atoms with Crippen LogP contribution in [0.4, 0.5) is 0 Å². The van der Waals surface area contributed by atoms with E-state index < -0.39 is 5.60 Å². The number of aliphatic hydroxyl groups is 1. The third kappa shape index (κ3) is 2.28. The molecule has 2 heteroatoms. The number of phenols is 1. The van der Waals surface area contributed by atoms with Crippen LogP contribution >= 0.6 is 0 Å². The molecule has 3 aliphatic rings. The Bertz CT molecular complexity index is 717. The Morgan fingerprint density at radius 1 is 1.32 bits per heavy atom. The monoisotopic (exact) mass is 338 g/mol. The SMILES string of the molecule is C#C[C@]1(O)CC[C@H]2[C@@H]3CCc4cc(O)ccc4[C@H]3[C@@H](CCC)C[C@@]21C. The average Bonchev–Trinajstić information content (AvgIpc) is 2.86. The maximum atomic E-state index is 11.2. The summed E-state index contributed by atoms with van der Waals surface area (Å²) in [6.07, 6.45) is 13.2. The number of hydrogen-bond donors (Lipinski definition) is 2. The van der Waals surface area contributed by atoms with E-state index in [9.17, 15) is 10.2 Å². The van der Waals surface area contributed by atoms with Gasteiger partial charge in [0.2, 0.25) is 0 Å². The lowest BCUT2D eigenvalue weighted by Crippen LogP contribution is -2.52. The summed E-state index contributed by atoms with van der Waals surface area (Å²) in [7, 11) is 0. The van der Waals surface area contributed by atoms with Gasteiger partial charge in [-0.1, -0.05) is 38.7 Å². The maximum absolute atomic E-state index is 11.2. The van der Waals surface area contributed by atoms with E-state index in [1.54, 1.807) is 0 Å². The van der Waals surface area contributed by atoms with Crippen LogP contribution in [0.3, 0.4) is 0 Å². The molecular formula is C23H30O2. The normalized spacial score (nSPS) is 42.2. The molecule has 0 aliphatic heterocycles. The molecule has 6 atom stereocenters. The molecule has 2 N–H and O–H groups in total.